The molecule has 0 aromatic rings. The van der Waals surface area contributed by atoms with Crippen molar-refractivity contribution < 1.29 is 23.8 Å². The minimum Gasteiger partial charge on any atom is -0.479 e. The lowest BCUT2D eigenvalue weighted by Crippen LogP contribution is -2.29. The lowest BCUT2D eigenvalue weighted by molar-refractivity contribution is -0.162. The van der Waals surface area contributed by atoms with Crippen LogP contribution < -0.4 is 0 Å². The van der Waals surface area contributed by atoms with Crippen LogP contribution in [0.5, 0.6) is 0 Å². The highest BCUT2D eigenvalue weighted by molar-refractivity contribution is 5.96. The van der Waals surface area contributed by atoms with Crippen LogP contribution in [0.3, 0.4) is 0 Å². The lowest BCUT2D eigenvalue weighted by atomic mass is 10.4. The second kappa shape index (κ2) is 3.90. The van der Waals surface area contributed by atoms with E-state index in [0.29, 0.717) is 0 Å². The summed E-state index contributed by atoms with van der Waals surface area (Å²) in [5, 5.41) is 7.99. The normalized spacial score (nSPS) is 12.7. The van der Waals surface area contributed by atoms with E-state index >= 15 is 0 Å². The van der Waals surface area contributed by atoms with Gasteiger partial charge in [-0.25, -0.2) is 14.0 Å². The first-order valence-electron chi connectivity index (χ1n) is 3.02. The fraction of sp³-hybridized carbons (Fsp3) is 0.667. The molecule has 4 nitrogen and oxygen atoms in total. The largest absolute Gasteiger partial charge is 0.479 e. The Morgan fingerprint density at radius 3 is 2.18 bits per heavy atom. The average Bonchev–Trinajstić information content (AvgIpc) is 1.84. The molecule has 0 saturated heterocycles. The lowest BCUT2D eigenvalue weighted by Gasteiger charge is -2.07. The summed E-state index contributed by atoms with van der Waals surface area (Å²) < 4.78 is 16.5. The molecule has 1 N–H and O–H groups in total. The number of carboxylic acid groups (broad SMARTS) is 1. The van der Waals surface area contributed by atoms with Crippen molar-refractivity contribution in [2.75, 3.05) is 0 Å². The third kappa shape index (κ3) is 3.54. The molecule has 0 aliphatic heterocycles. The van der Waals surface area contributed by atoms with Gasteiger partial charge in [0.05, 0.1) is 6.10 Å². The number of alkyl halides is 1. The molecular weight excluding hydrogens is 155 g/mol. The van der Waals surface area contributed by atoms with Crippen molar-refractivity contribution in [3.63, 3.8) is 0 Å². The van der Waals surface area contributed by atoms with E-state index in [2.05, 4.69) is 4.74 Å². The molecule has 0 fully saturated rings. The molecule has 0 aliphatic rings. The molecule has 5 heteroatoms. The van der Waals surface area contributed by atoms with E-state index in [4.69, 9.17) is 5.11 Å². The van der Waals surface area contributed by atoms with E-state index < -0.39 is 24.2 Å². The van der Waals surface area contributed by atoms with Gasteiger partial charge in [0.2, 0.25) is 0 Å². The number of hydrogen-bond donors (Lipinski definition) is 1. The van der Waals surface area contributed by atoms with Gasteiger partial charge in [-0.1, -0.05) is 0 Å². The molecule has 0 amide bonds. The highest BCUT2D eigenvalue weighted by atomic mass is 19.1. The summed E-state index contributed by atoms with van der Waals surface area (Å²) in [4.78, 5) is 20.3. The van der Waals surface area contributed by atoms with Gasteiger partial charge in [0, 0.05) is 0 Å². The average molecular weight is 164 g/mol. The summed E-state index contributed by atoms with van der Waals surface area (Å²) in [6, 6.07) is 0. The number of aliphatic carboxylic acids is 1. The second-order valence-corrected chi connectivity index (χ2v) is 2.19. The van der Waals surface area contributed by atoms with Crippen molar-refractivity contribution in [1.29, 1.82) is 0 Å². The van der Waals surface area contributed by atoms with Gasteiger partial charge in [-0.2, -0.15) is 0 Å². The van der Waals surface area contributed by atoms with Crippen molar-refractivity contribution in [3.05, 3.63) is 0 Å². The van der Waals surface area contributed by atoms with Gasteiger partial charge < -0.3 is 9.84 Å². The molecule has 0 rings (SSSR count). The molecule has 1 unspecified atom stereocenters. The van der Waals surface area contributed by atoms with Crippen LogP contribution in [0.15, 0.2) is 0 Å². The fourth-order valence-corrected chi connectivity index (χ4v) is 0.393. The van der Waals surface area contributed by atoms with Crippen LogP contribution in [0, 0.1) is 0 Å². The van der Waals surface area contributed by atoms with Gasteiger partial charge in [0.1, 0.15) is 0 Å². The third-order valence-electron chi connectivity index (χ3n) is 0.776. The van der Waals surface area contributed by atoms with E-state index in [1.165, 1.54) is 13.8 Å². The summed E-state index contributed by atoms with van der Waals surface area (Å²) in [7, 11) is 0. The Kier molecular flexibility index (Phi) is 3.50. The number of hydrogen-bond acceptors (Lipinski definition) is 3. The van der Waals surface area contributed by atoms with E-state index in [9.17, 15) is 14.0 Å². The van der Waals surface area contributed by atoms with Crippen molar-refractivity contribution >= 4 is 11.9 Å². The number of esters is 1. The Balaban J connectivity index is 3.93. The van der Waals surface area contributed by atoms with Gasteiger partial charge in [-0.15, -0.1) is 0 Å². The first kappa shape index (κ1) is 9.87. The first-order chi connectivity index (χ1) is 4.95. The summed E-state index contributed by atoms with van der Waals surface area (Å²) >= 11 is 0. The Morgan fingerprint density at radius 1 is 1.45 bits per heavy atom. The molecule has 11 heavy (non-hydrogen) atoms. The standard InChI is InChI=1S/C6H9FO4/c1-3(2)11-6(10)4(7)5(8)9/h3-4H,1-2H3,(H,8,9). The summed E-state index contributed by atoms with van der Waals surface area (Å²) in [6.07, 6.45) is -3.07. The summed E-state index contributed by atoms with van der Waals surface area (Å²) in [5.41, 5.74) is 0. The maximum Gasteiger partial charge on any atom is 0.352 e. The number of halogens is 1. The molecule has 0 aromatic carbocycles. The predicted octanol–water partition coefficient (Wildman–Crippen LogP) is 0.361. The number of rotatable bonds is 3. The van der Waals surface area contributed by atoms with Gasteiger partial charge in [0.25, 0.3) is 6.17 Å². The van der Waals surface area contributed by atoms with Crippen molar-refractivity contribution in [1.82, 2.24) is 0 Å². The maximum absolute atomic E-state index is 12.2. The Morgan fingerprint density at radius 2 is 1.91 bits per heavy atom. The highest BCUT2D eigenvalue weighted by Gasteiger charge is 2.27. The number of carbonyl (C=O) groups is 2. The second-order valence-electron chi connectivity index (χ2n) is 2.19. The molecule has 1 atom stereocenters. The Labute approximate surface area is 63.0 Å². The number of ether oxygens (including phenoxy) is 1. The van der Waals surface area contributed by atoms with Crippen LogP contribution in [0.1, 0.15) is 13.8 Å². The van der Waals surface area contributed by atoms with E-state index in [1.54, 1.807) is 0 Å². The van der Waals surface area contributed by atoms with Crippen LogP contribution in [-0.4, -0.2) is 29.3 Å². The topological polar surface area (TPSA) is 63.6 Å². The molecule has 0 saturated carbocycles. The monoisotopic (exact) mass is 164 g/mol. The van der Waals surface area contributed by atoms with Crippen LogP contribution in [0.4, 0.5) is 4.39 Å². The minimum absolute atomic E-state index is 0.500. The Hall–Kier alpha value is -1.13. The van der Waals surface area contributed by atoms with Crippen LogP contribution >= 0.6 is 0 Å². The van der Waals surface area contributed by atoms with Crippen LogP contribution in [0.2, 0.25) is 0 Å². The summed E-state index contributed by atoms with van der Waals surface area (Å²) in [5.74, 6) is -3.18. The van der Waals surface area contributed by atoms with Gasteiger partial charge >= 0.3 is 11.9 Å². The quantitative estimate of drug-likeness (QED) is 0.483. The third-order valence-corrected chi connectivity index (χ3v) is 0.776. The SMILES string of the molecule is CC(C)OC(=O)C(F)C(=O)O. The Bertz CT molecular complexity index is 166. The molecule has 0 spiro atoms. The van der Waals surface area contributed by atoms with Gasteiger partial charge in [-0.3, -0.25) is 0 Å². The smallest absolute Gasteiger partial charge is 0.352 e. The molecular formula is C6H9FO4. The van der Waals surface area contributed by atoms with Gasteiger partial charge in [0.15, 0.2) is 0 Å². The highest BCUT2D eigenvalue weighted by Crippen LogP contribution is 1.98. The zero-order valence-corrected chi connectivity index (χ0v) is 6.20. The molecule has 0 aliphatic carbocycles. The number of carbonyl (C=O) groups excluding carboxylic acids is 1. The number of carboxylic acids is 1. The molecule has 0 bridgehead atoms. The zero-order chi connectivity index (χ0) is 9.02. The van der Waals surface area contributed by atoms with E-state index in [0.717, 1.165) is 0 Å². The fourth-order valence-electron chi connectivity index (χ4n) is 0.393. The first-order valence-corrected chi connectivity index (χ1v) is 3.02. The van der Waals surface area contributed by atoms with Gasteiger partial charge in [-0.05, 0) is 13.8 Å². The summed E-state index contributed by atoms with van der Waals surface area (Å²) in [6.45, 7) is 3.01. The minimum atomic E-state index is -2.57. The van der Waals surface area contributed by atoms with Crippen LogP contribution in [0.25, 0.3) is 0 Å². The molecule has 0 heterocycles. The van der Waals surface area contributed by atoms with Crippen LogP contribution in [-0.2, 0) is 14.3 Å². The van der Waals surface area contributed by atoms with E-state index in [-0.39, 0.29) is 0 Å². The zero-order valence-electron chi connectivity index (χ0n) is 6.20. The molecule has 0 radical (unpaired) electrons. The maximum atomic E-state index is 12.2. The predicted molar refractivity (Wildman–Crippen MR) is 33.8 cm³/mol. The molecule has 0 aromatic heterocycles. The van der Waals surface area contributed by atoms with Crippen molar-refractivity contribution in [2.24, 2.45) is 0 Å². The van der Waals surface area contributed by atoms with E-state index in [1.807, 2.05) is 0 Å². The molecule has 64 valence electrons. The van der Waals surface area contributed by atoms with Crippen molar-refractivity contribution in [3.8, 4) is 0 Å². The van der Waals surface area contributed by atoms with Crippen molar-refractivity contribution in [2.45, 2.75) is 26.1 Å².